The quantitative estimate of drug-likeness (QED) is 0.833. The lowest BCUT2D eigenvalue weighted by Crippen LogP contribution is -2.25. The molecule has 1 aliphatic heterocycles. The Morgan fingerprint density at radius 1 is 1.38 bits per heavy atom. The van der Waals surface area contributed by atoms with E-state index in [4.69, 9.17) is 11.0 Å². The molecule has 26 heavy (non-hydrogen) atoms. The molecule has 0 aliphatic carbocycles. The molecule has 0 spiro atoms. The fourth-order valence-electron chi connectivity index (χ4n) is 2.54. The van der Waals surface area contributed by atoms with E-state index >= 15 is 0 Å². The maximum Gasteiger partial charge on any atom is 0.204 e. The van der Waals surface area contributed by atoms with Crippen LogP contribution < -0.4 is 5.73 Å². The highest BCUT2D eigenvalue weighted by Gasteiger charge is 2.29. The van der Waals surface area contributed by atoms with Crippen LogP contribution in [-0.4, -0.2) is 20.9 Å². The van der Waals surface area contributed by atoms with Crippen LogP contribution in [0, 0.1) is 17.1 Å². The zero-order valence-electron chi connectivity index (χ0n) is 13.8. The normalized spacial score (nSPS) is 18.9. The van der Waals surface area contributed by atoms with E-state index in [1.165, 1.54) is 36.3 Å². The molecule has 130 valence electrons. The van der Waals surface area contributed by atoms with Crippen molar-refractivity contribution in [3.05, 3.63) is 70.4 Å². The van der Waals surface area contributed by atoms with E-state index in [2.05, 4.69) is 15.0 Å². The summed E-state index contributed by atoms with van der Waals surface area (Å²) in [5, 5.41) is 10.9. The SMILES string of the molecule is C[C@@]1(c2cc(CC(=O)c3ncc(C#N)cn3)ccc2F)C=CSC(N)=N1. The van der Waals surface area contributed by atoms with Gasteiger partial charge in [-0.25, -0.2) is 19.4 Å². The highest BCUT2D eigenvalue weighted by atomic mass is 32.2. The van der Waals surface area contributed by atoms with Crippen LogP contribution in [0.25, 0.3) is 0 Å². The first-order valence-electron chi connectivity index (χ1n) is 7.65. The van der Waals surface area contributed by atoms with Crippen molar-refractivity contribution in [3.8, 4) is 6.07 Å². The second-order valence-corrected chi connectivity index (χ2v) is 6.77. The largest absolute Gasteiger partial charge is 0.378 e. The number of thioether (sulfide) groups is 1. The van der Waals surface area contributed by atoms with Gasteiger partial charge in [-0.2, -0.15) is 5.26 Å². The number of rotatable bonds is 4. The van der Waals surface area contributed by atoms with Gasteiger partial charge in [0.25, 0.3) is 0 Å². The van der Waals surface area contributed by atoms with Crippen LogP contribution in [0.15, 0.2) is 47.1 Å². The predicted molar refractivity (Wildman–Crippen MR) is 96.9 cm³/mol. The van der Waals surface area contributed by atoms with Crippen molar-refractivity contribution < 1.29 is 9.18 Å². The van der Waals surface area contributed by atoms with Gasteiger partial charge >= 0.3 is 0 Å². The number of nitriles is 1. The number of benzene rings is 1. The predicted octanol–water partition coefficient (Wildman–Crippen LogP) is 2.70. The van der Waals surface area contributed by atoms with Crippen LogP contribution in [0.2, 0.25) is 0 Å². The standard InChI is InChI=1S/C18H14FN5OS/c1-18(4-5-26-17(21)24-18)13-6-11(2-3-14(13)19)7-15(25)16-22-9-12(8-20)10-23-16/h2-6,9-10H,7H2,1H3,(H2,21,24)/t18-/m0/s1. The number of aromatic nitrogens is 2. The number of aliphatic imine (C=N–C) groups is 1. The van der Waals surface area contributed by atoms with Gasteiger partial charge in [0.2, 0.25) is 5.78 Å². The number of halogens is 1. The van der Waals surface area contributed by atoms with Crippen molar-refractivity contribution in [2.45, 2.75) is 18.9 Å². The van der Waals surface area contributed by atoms with Crippen LogP contribution in [0.4, 0.5) is 4.39 Å². The molecule has 8 heteroatoms. The van der Waals surface area contributed by atoms with E-state index in [9.17, 15) is 9.18 Å². The summed E-state index contributed by atoms with van der Waals surface area (Å²) in [6.45, 7) is 1.75. The van der Waals surface area contributed by atoms with Crippen molar-refractivity contribution in [2.24, 2.45) is 10.7 Å². The molecule has 0 saturated heterocycles. The summed E-state index contributed by atoms with van der Waals surface area (Å²) in [6, 6.07) is 6.35. The Balaban J connectivity index is 1.88. The van der Waals surface area contributed by atoms with Gasteiger partial charge < -0.3 is 5.73 Å². The third-order valence-electron chi connectivity index (χ3n) is 3.89. The van der Waals surface area contributed by atoms with E-state index in [1.807, 2.05) is 6.07 Å². The number of nitrogens with two attached hydrogens (primary N) is 1. The Labute approximate surface area is 153 Å². The topological polar surface area (TPSA) is 105 Å². The number of hydrogen-bond donors (Lipinski definition) is 1. The Kier molecular flexibility index (Phi) is 4.82. The van der Waals surface area contributed by atoms with Crippen molar-refractivity contribution in [1.29, 1.82) is 5.26 Å². The molecule has 0 amide bonds. The highest BCUT2D eigenvalue weighted by molar-refractivity contribution is 8.16. The first-order valence-corrected chi connectivity index (χ1v) is 8.53. The molecule has 2 aromatic rings. The minimum Gasteiger partial charge on any atom is -0.378 e. The molecular weight excluding hydrogens is 353 g/mol. The fraction of sp³-hybridized carbons (Fsp3) is 0.167. The number of hydrogen-bond acceptors (Lipinski definition) is 7. The molecule has 2 N–H and O–H groups in total. The van der Waals surface area contributed by atoms with Crippen molar-refractivity contribution in [1.82, 2.24) is 9.97 Å². The third kappa shape index (κ3) is 3.63. The van der Waals surface area contributed by atoms with E-state index in [0.29, 0.717) is 16.3 Å². The summed E-state index contributed by atoms with van der Waals surface area (Å²) in [5.74, 6) is -0.737. The summed E-state index contributed by atoms with van der Waals surface area (Å²) in [7, 11) is 0. The third-order valence-corrected chi connectivity index (χ3v) is 4.50. The average molecular weight is 367 g/mol. The maximum atomic E-state index is 14.4. The molecule has 1 aromatic heterocycles. The Morgan fingerprint density at radius 2 is 2.12 bits per heavy atom. The number of Topliss-reactive ketones (excluding diaryl/α,β-unsaturated/α-hetero) is 1. The van der Waals surface area contributed by atoms with Gasteiger partial charge in [-0.05, 0) is 36.1 Å². The van der Waals surface area contributed by atoms with E-state index in [0.717, 1.165) is 0 Å². The molecule has 6 nitrogen and oxygen atoms in total. The lowest BCUT2D eigenvalue weighted by Gasteiger charge is -2.26. The minimum atomic E-state index is -0.927. The van der Waals surface area contributed by atoms with Gasteiger partial charge in [0, 0.05) is 24.4 Å². The molecule has 1 atom stereocenters. The molecule has 2 heterocycles. The van der Waals surface area contributed by atoms with E-state index in [1.54, 1.807) is 24.5 Å². The zero-order chi connectivity index (χ0) is 18.7. The highest BCUT2D eigenvalue weighted by Crippen LogP contribution is 2.34. The Morgan fingerprint density at radius 3 is 2.77 bits per heavy atom. The van der Waals surface area contributed by atoms with Gasteiger partial charge in [0.15, 0.2) is 11.0 Å². The van der Waals surface area contributed by atoms with Crippen LogP contribution in [0.1, 0.15) is 34.2 Å². The number of amidine groups is 1. The van der Waals surface area contributed by atoms with Crippen molar-refractivity contribution >= 4 is 22.7 Å². The Hall–Kier alpha value is -3.05. The summed E-state index contributed by atoms with van der Waals surface area (Å²) in [6.07, 6.45) is 4.35. The molecule has 1 aliphatic rings. The summed E-state index contributed by atoms with van der Waals surface area (Å²) in [5.41, 5.74) is 6.06. The Bertz CT molecular complexity index is 965. The molecule has 0 saturated carbocycles. The molecule has 0 bridgehead atoms. The van der Waals surface area contributed by atoms with E-state index < -0.39 is 11.4 Å². The van der Waals surface area contributed by atoms with Crippen LogP contribution >= 0.6 is 11.8 Å². The number of carbonyl (C=O) groups excluding carboxylic acids is 1. The van der Waals surface area contributed by atoms with Crippen molar-refractivity contribution in [2.75, 3.05) is 0 Å². The average Bonchev–Trinajstić information content (AvgIpc) is 2.63. The molecule has 0 fully saturated rings. The molecule has 0 unspecified atom stereocenters. The summed E-state index contributed by atoms with van der Waals surface area (Å²) < 4.78 is 14.4. The fourth-order valence-corrected chi connectivity index (χ4v) is 3.26. The summed E-state index contributed by atoms with van der Waals surface area (Å²) >= 11 is 1.27. The smallest absolute Gasteiger partial charge is 0.204 e. The molecule has 3 rings (SSSR count). The van der Waals surface area contributed by atoms with Crippen LogP contribution in [0.3, 0.4) is 0 Å². The lowest BCUT2D eigenvalue weighted by molar-refractivity contribution is 0.0983. The van der Waals surface area contributed by atoms with Crippen LogP contribution in [-0.2, 0) is 12.0 Å². The van der Waals surface area contributed by atoms with E-state index in [-0.39, 0.29) is 23.6 Å². The number of carbonyl (C=O) groups is 1. The maximum absolute atomic E-state index is 14.4. The van der Waals surface area contributed by atoms with Crippen molar-refractivity contribution in [3.63, 3.8) is 0 Å². The number of nitrogens with zero attached hydrogens (tertiary/aromatic N) is 4. The first-order chi connectivity index (χ1) is 12.4. The second-order valence-electron chi connectivity index (χ2n) is 5.84. The lowest BCUT2D eigenvalue weighted by atomic mass is 9.90. The summed E-state index contributed by atoms with van der Waals surface area (Å²) in [4.78, 5) is 24.5. The van der Waals surface area contributed by atoms with Gasteiger partial charge in [0.1, 0.15) is 17.4 Å². The molecule has 0 radical (unpaired) electrons. The van der Waals surface area contributed by atoms with Gasteiger partial charge in [-0.3, -0.25) is 4.79 Å². The minimum absolute atomic E-state index is 0.00687. The molecule has 1 aromatic carbocycles. The van der Waals surface area contributed by atoms with Gasteiger partial charge in [-0.1, -0.05) is 17.8 Å². The second kappa shape index (κ2) is 7.06. The van der Waals surface area contributed by atoms with Gasteiger partial charge in [-0.15, -0.1) is 0 Å². The monoisotopic (exact) mass is 367 g/mol. The molecular formula is C18H14FN5OS. The van der Waals surface area contributed by atoms with Crippen LogP contribution in [0.5, 0.6) is 0 Å². The van der Waals surface area contributed by atoms with Gasteiger partial charge in [0.05, 0.1) is 5.56 Å². The first kappa shape index (κ1) is 17.8. The number of ketones is 1. The zero-order valence-corrected chi connectivity index (χ0v) is 14.6.